The highest BCUT2D eigenvalue weighted by Crippen LogP contribution is 2.38. The number of nitrogens with zero attached hydrogens (tertiary/aromatic N) is 5. The Hall–Kier alpha value is -3.20. The van der Waals surface area contributed by atoms with E-state index in [0.717, 1.165) is 17.0 Å². The molecule has 1 N–H and O–H groups in total. The van der Waals surface area contributed by atoms with Crippen molar-refractivity contribution in [3.63, 3.8) is 0 Å². The van der Waals surface area contributed by atoms with Gasteiger partial charge in [-0.25, -0.2) is 23.7 Å². The van der Waals surface area contributed by atoms with Crippen molar-refractivity contribution >= 4 is 28.9 Å². The van der Waals surface area contributed by atoms with Crippen LogP contribution in [-0.4, -0.2) is 31.1 Å². The lowest BCUT2D eigenvalue weighted by Crippen LogP contribution is -2.33. The minimum atomic E-state index is -0.575. The molecule has 3 aromatic heterocycles. The number of hydrogen-bond donors (Lipinski definition) is 1. The molecule has 4 aromatic rings. The molecule has 0 fully saturated rings. The first kappa shape index (κ1) is 17.9. The first-order chi connectivity index (χ1) is 14.2. The molecule has 5 rings (SSSR count). The standard InChI is InChI=1S/C20H16F2N6S/c1-29-20-25-15-9-24-18(16-10-23-17-7-2-3-8-27(16)17)26-19(15)28(20)11-12-13(21)5-4-6-14(12)22/h2-10,20,25H,11H2,1H3. The molecular weight excluding hydrogens is 394 g/mol. The molecule has 146 valence electrons. The Morgan fingerprint density at radius 1 is 1.07 bits per heavy atom. The molecule has 6 nitrogen and oxygen atoms in total. The fourth-order valence-corrected chi connectivity index (χ4v) is 4.11. The number of rotatable bonds is 4. The number of imidazole rings is 1. The Morgan fingerprint density at radius 2 is 1.90 bits per heavy atom. The fraction of sp³-hybridized carbons (Fsp3) is 0.150. The third-order valence-corrected chi connectivity index (χ3v) is 5.68. The summed E-state index contributed by atoms with van der Waals surface area (Å²) in [6.45, 7) is 0.0492. The number of halogens is 2. The lowest BCUT2D eigenvalue weighted by molar-refractivity contribution is 0.550. The Kier molecular flexibility index (Phi) is 4.31. The summed E-state index contributed by atoms with van der Waals surface area (Å²) in [7, 11) is 0. The van der Waals surface area contributed by atoms with Crippen LogP contribution in [0.2, 0.25) is 0 Å². The summed E-state index contributed by atoms with van der Waals surface area (Å²) in [5.41, 5.74) is 2.05. The predicted octanol–water partition coefficient (Wildman–Crippen LogP) is 4.15. The van der Waals surface area contributed by atoms with Crippen LogP contribution in [0.1, 0.15) is 5.56 Å². The maximum absolute atomic E-state index is 14.2. The van der Waals surface area contributed by atoms with Crippen molar-refractivity contribution in [1.29, 1.82) is 0 Å². The second kappa shape index (κ2) is 7.00. The van der Waals surface area contributed by atoms with Crippen molar-refractivity contribution in [3.8, 4) is 11.5 Å². The van der Waals surface area contributed by atoms with Crippen molar-refractivity contribution < 1.29 is 8.78 Å². The highest BCUT2D eigenvalue weighted by molar-refractivity contribution is 7.99. The van der Waals surface area contributed by atoms with E-state index in [9.17, 15) is 8.78 Å². The molecule has 0 radical (unpaired) electrons. The maximum Gasteiger partial charge on any atom is 0.180 e. The van der Waals surface area contributed by atoms with Crippen LogP contribution in [0.15, 0.2) is 55.0 Å². The number of benzene rings is 1. The first-order valence-electron chi connectivity index (χ1n) is 8.94. The van der Waals surface area contributed by atoms with Gasteiger partial charge in [0.05, 0.1) is 24.6 Å². The normalized spacial score (nSPS) is 15.6. The van der Waals surface area contributed by atoms with Gasteiger partial charge in [0.2, 0.25) is 0 Å². The number of thioether (sulfide) groups is 1. The second-order valence-electron chi connectivity index (χ2n) is 6.56. The SMILES string of the molecule is CSC1Nc2cnc(-c3cnc4ccccn34)nc2N1Cc1c(F)cccc1F. The zero-order valence-electron chi connectivity index (χ0n) is 15.4. The molecule has 1 aliphatic rings. The van der Waals surface area contributed by atoms with Gasteiger partial charge in [-0.15, -0.1) is 11.8 Å². The molecule has 0 spiro atoms. The van der Waals surface area contributed by atoms with Gasteiger partial charge in [0, 0.05) is 11.8 Å². The Labute approximate surface area is 169 Å². The van der Waals surface area contributed by atoms with Crippen molar-refractivity contribution in [3.05, 3.63) is 72.2 Å². The Balaban J connectivity index is 1.58. The maximum atomic E-state index is 14.2. The molecule has 1 aliphatic heterocycles. The van der Waals surface area contributed by atoms with Crippen LogP contribution < -0.4 is 10.2 Å². The molecule has 1 unspecified atom stereocenters. The predicted molar refractivity (Wildman–Crippen MR) is 110 cm³/mol. The van der Waals surface area contributed by atoms with Crippen LogP contribution >= 0.6 is 11.8 Å². The van der Waals surface area contributed by atoms with Crippen LogP contribution in [-0.2, 0) is 6.54 Å². The lowest BCUT2D eigenvalue weighted by Gasteiger charge is -2.25. The number of fused-ring (bicyclic) bond motifs is 2. The van der Waals surface area contributed by atoms with Gasteiger partial charge < -0.3 is 10.2 Å². The summed E-state index contributed by atoms with van der Waals surface area (Å²) in [6.07, 6.45) is 7.23. The van der Waals surface area contributed by atoms with Crippen LogP contribution in [0, 0.1) is 11.6 Å². The zero-order chi connectivity index (χ0) is 20.0. The summed E-state index contributed by atoms with van der Waals surface area (Å²) in [5.74, 6) is -0.0587. The summed E-state index contributed by atoms with van der Waals surface area (Å²) in [4.78, 5) is 15.4. The average molecular weight is 410 g/mol. The van der Waals surface area contributed by atoms with Gasteiger partial charge >= 0.3 is 0 Å². The number of anilines is 2. The molecule has 0 amide bonds. The van der Waals surface area contributed by atoms with Crippen LogP contribution in [0.4, 0.5) is 20.3 Å². The molecule has 0 bridgehead atoms. The largest absolute Gasteiger partial charge is 0.352 e. The third-order valence-electron chi connectivity index (χ3n) is 4.86. The van der Waals surface area contributed by atoms with Gasteiger partial charge in [0.15, 0.2) is 11.6 Å². The summed E-state index contributed by atoms with van der Waals surface area (Å²) in [6, 6.07) is 9.61. The summed E-state index contributed by atoms with van der Waals surface area (Å²) >= 11 is 1.52. The molecule has 1 aromatic carbocycles. The quantitative estimate of drug-likeness (QED) is 0.546. The van der Waals surface area contributed by atoms with Gasteiger partial charge in [-0.1, -0.05) is 12.1 Å². The molecule has 1 atom stereocenters. The Bertz CT molecular complexity index is 1190. The van der Waals surface area contributed by atoms with Gasteiger partial charge in [0.1, 0.15) is 28.5 Å². The van der Waals surface area contributed by atoms with E-state index in [-0.39, 0.29) is 17.6 Å². The van der Waals surface area contributed by atoms with Gasteiger partial charge in [0.25, 0.3) is 0 Å². The van der Waals surface area contributed by atoms with Crippen LogP contribution in [0.25, 0.3) is 17.2 Å². The molecule has 0 aliphatic carbocycles. The second-order valence-corrected chi connectivity index (χ2v) is 7.48. The smallest absolute Gasteiger partial charge is 0.180 e. The van der Waals surface area contributed by atoms with E-state index in [4.69, 9.17) is 4.98 Å². The third kappa shape index (κ3) is 2.98. The molecule has 0 saturated heterocycles. The highest BCUT2D eigenvalue weighted by Gasteiger charge is 2.32. The van der Waals surface area contributed by atoms with Gasteiger partial charge in [-0.3, -0.25) is 4.40 Å². The minimum absolute atomic E-state index is 0.0103. The molecular formula is C20H16F2N6S. The number of hydrogen-bond acceptors (Lipinski definition) is 6. The fourth-order valence-electron chi connectivity index (χ4n) is 3.43. The topological polar surface area (TPSA) is 58.4 Å². The average Bonchev–Trinajstić information content (AvgIpc) is 3.31. The van der Waals surface area contributed by atoms with Crippen molar-refractivity contribution in [2.75, 3.05) is 16.5 Å². The van der Waals surface area contributed by atoms with Gasteiger partial charge in [-0.2, -0.15) is 0 Å². The van der Waals surface area contributed by atoms with E-state index in [1.165, 1.54) is 30.0 Å². The minimum Gasteiger partial charge on any atom is -0.352 e. The molecule has 29 heavy (non-hydrogen) atoms. The number of pyridine rings is 1. The first-order valence-corrected chi connectivity index (χ1v) is 10.2. The van der Waals surface area contributed by atoms with Crippen LogP contribution in [0.3, 0.4) is 0 Å². The van der Waals surface area contributed by atoms with E-state index >= 15 is 0 Å². The van der Waals surface area contributed by atoms with Crippen molar-refractivity contribution in [1.82, 2.24) is 19.4 Å². The molecule has 0 saturated carbocycles. The van der Waals surface area contributed by atoms with E-state index < -0.39 is 11.6 Å². The van der Waals surface area contributed by atoms with E-state index in [1.54, 1.807) is 12.4 Å². The van der Waals surface area contributed by atoms with Gasteiger partial charge in [-0.05, 0) is 30.5 Å². The van der Waals surface area contributed by atoms with E-state index in [2.05, 4.69) is 15.3 Å². The molecule has 9 heteroatoms. The number of nitrogens with one attached hydrogen (secondary N) is 1. The summed E-state index contributed by atoms with van der Waals surface area (Å²) < 4.78 is 30.4. The Morgan fingerprint density at radius 3 is 2.69 bits per heavy atom. The van der Waals surface area contributed by atoms with Crippen molar-refractivity contribution in [2.45, 2.75) is 12.0 Å². The van der Waals surface area contributed by atoms with E-state index in [1.807, 2.05) is 40.0 Å². The lowest BCUT2D eigenvalue weighted by atomic mass is 10.2. The number of aromatic nitrogens is 4. The summed E-state index contributed by atoms with van der Waals surface area (Å²) in [5, 5.41) is 3.30. The molecule has 4 heterocycles. The monoisotopic (exact) mass is 410 g/mol. The van der Waals surface area contributed by atoms with Crippen molar-refractivity contribution in [2.24, 2.45) is 0 Å². The zero-order valence-corrected chi connectivity index (χ0v) is 16.2. The van der Waals surface area contributed by atoms with E-state index in [0.29, 0.717) is 11.6 Å². The van der Waals surface area contributed by atoms with Crippen LogP contribution in [0.5, 0.6) is 0 Å². The highest BCUT2D eigenvalue weighted by atomic mass is 32.2.